The zero-order valence-corrected chi connectivity index (χ0v) is 13.8. The van der Waals surface area contributed by atoms with Crippen LogP contribution in [0.25, 0.3) is 10.4 Å². The van der Waals surface area contributed by atoms with Gasteiger partial charge >= 0.3 is 0 Å². The summed E-state index contributed by atoms with van der Waals surface area (Å²) in [5.74, 6) is -0.714. The molecule has 130 valence electrons. The number of hydrogen-bond acceptors (Lipinski definition) is 6. The zero-order chi connectivity index (χ0) is 17.2. The number of benzene rings is 1. The lowest BCUT2D eigenvalue weighted by atomic mass is 9.97. The molecule has 8 heteroatoms. The first-order chi connectivity index (χ1) is 11.5. The van der Waals surface area contributed by atoms with E-state index in [4.69, 9.17) is 19.8 Å². The minimum Gasteiger partial charge on any atom is -0.391 e. The molecule has 1 aromatic carbocycles. The van der Waals surface area contributed by atoms with E-state index in [9.17, 15) is 5.11 Å². The molecule has 2 aliphatic heterocycles. The van der Waals surface area contributed by atoms with Crippen LogP contribution >= 0.6 is 0 Å². The van der Waals surface area contributed by atoms with E-state index in [1.54, 1.807) is 5.06 Å². The molecule has 8 nitrogen and oxygen atoms in total. The van der Waals surface area contributed by atoms with E-state index in [0.29, 0.717) is 13.2 Å². The average molecular weight is 334 g/mol. The third kappa shape index (κ3) is 3.70. The first-order valence-electron chi connectivity index (χ1n) is 7.98. The molecular weight excluding hydrogens is 312 g/mol. The summed E-state index contributed by atoms with van der Waals surface area (Å²) < 4.78 is 11.5. The fourth-order valence-electron chi connectivity index (χ4n) is 3.13. The molecule has 1 N–H and O–H groups in total. The molecule has 2 heterocycles. The first kappa shape index (κ1) is 17.2. The van der Waals surface area contributed by atoms with Gasteiger partial charge in [-0.2, -0.15) is 5.06 Å². The van der Waals surface area contributed by atoms with Gasteiger partial charge in [-0.15, -0.1) is 0 Å². The van der Waals surface area contributed by atoms with Gasteiger partial charge in [0, 0.05) is 11.5 Å². The molecule has 0 spiro atoms. The van der Waals surface area contributed by atoms with Crippen LogP contribution in [0, 0.1) is 0 Å². The summed E-state index contributed by atoms with van der Waals surface area (Å²) in [7, 11) is 0. The second-order valence-electron chi connectivity index (χ2n) is 6.48. The van der Waals surface area contributed by atoms with Crippen molar-refractivity contribution in [2.45, 2.75) is 50.5 Å². The molecule has 2 aliphatic rings. The Balaban J connectivity index is 1.82. The smallest absolute Gasteiger partial charge is 0.163 e. The third-order valence-corrected chi connectivity index (χ3v) is 4.28. The summed E-state index contributed by atoms with van der Waals surface area (Å²) in [6.07, 6.45) is -1.28. The zero-order valence-electron chi connectivity index (χ0n) is 13.8. The van der Waals surface area contributed by atoms with Crippen molar-refractivity contribution in [2.24, 2.45) is 5.11 Å². The van der Waals surface area contributed by atoms with Gasteiger partial charge in [0.2, 0.25) is 0 Å². The SMILES string of the molecule is CC1(C)OC[C@H]([C@@H]2[C@H](O)[C@H](N=[N+]=[N-])CON2Cc2ccccc2)O1. The second kappa shape index (κ2) is 7.06. The molecule has 2 fully saturated rings. The molecular formula is C16H22N4O4. The highest BCUT2D eigenvalue weighted by Gasteiger charge is 2.47. The summed E-state index contributed by atoms with van der Waals surface area (Å²) in [4.78, 5) is 8.59. The lowest BCUT2D eigenvalue weighted by Gasteiger charge is -2.43. The maximum absolute atomic E-state index is 10.7. The van der Waals surface area contributed by atoms with Crippen molar-refractivity contribution in [1.29, 1.82) is 0 Å². The Morgan fingerprint density at radius 3 is 2.71 bits per heavy atom. The molecule has 0 bridgehead atoms. The Hall–Kier alpha value is -1.67. The van der Waals surface area contributed by atoms with E-state index in [-0.39, 0.29) is 12.7 Å². The van der Waals surface area contributed by atoms with E-state index >= 15 is 0 Å². The van der Waals surface area contributed by atoms with Crippen LogP contribution in [0.5, 0.6) is 0 Å². The number of ether oxygens (including phenoxy) is 2. The summed E-state index contributed by atoms with van der Waals surface area (Å²) >= 11 is 0. The third-order valence-electron chi connectivity index (χ3n) is 4.28. The van der Waals surface area contributed by atoms with E-state index in [0.717, 1.165) is 5.56 Å². The Kier molecular flexibility index (Phi) is 5.05. The second-order valence-corrected chi connectivity index (χ2v) is 6.48. The van der Waals surface area contributed by atoms with Crippen molar-refractivity contribution in [3.05, 3.63) is 46.3 Å². The van der Waals surface area contributed by atoms with E-state index < -0.39 is 24.0 Å². The fraction of sp³-hybridized carbons (Fsp3) is 0.625. The van der Waals surface area contributed by atoms with Crippen LogP contribution in [0.15, 0.2) is 35.4 Å². The highest BCUT2D eigenvalue weighted by atomic mass is 16.7. The monoisotopic (exact) mass is 334 g/mol. The number of hydroxylamine groups is 2. The molecule has 0 aliphatic carbocycles. The van der Waals surface area contributed by atoms with E-state index in [2.05, 4.69) is 10.0 Å². The normalized spacial score (nSPS) is 33.1. The number of azide groups is 1. The van der Waals surface area contributed by atoms with Crippen molar-refractivity contribution in [3.8, 4) is 0 Å². The highest BCUT2D eigenvalue weighted by molar-refractivity contribution is 5.14. The summed E-state index contributed by atoms with van der Waals surface area (Å²) in [5, 5.41) is 16.1. The van der Waals surface area contributed by atoms with Crippen molar-refractivity contribution >= 4 is 0 Å². The van der Waals surface area contributed by atoms with Crippen molar-refractivity contribution in [2.75, 3.05) is 13.2 Å². The molecule has 24 heavy (non-hydrogen) atoms. The lowest BCUT2D eigenvalue weighted by molar-refractivity contribution is -0.274. The number of aliphatic hydroxyl groups excluding tert-OH is 1. The number of hydrogen-bond donors (Lipinski definition) is 1. The van der Waals surface area contributed by atoms with Gasteiger partial charge in [0.15, 0.2) is 5.79 Å². The Labute approximate surface area is 140 Å². The molecule has 4 atom stereocenters. The fourth-order valence-corrected chi connectivity index (χ4v) is 3.13. The quantitative estimate of drug-likeness (QED) is 0.515. The minimum absolute atomic E-state index is 0.130. The van der Waals surface area contributed by atoms with E-state index in [1.165, 1.54) is 0 Å². The maximum Gasteiger partial charge on any atom is 0.163 e. The molecule has 3 rings (SSSR count). The summed E-state index contributed by atoms with van der Waals surface area (Å²) in [6.45, 7) is 4.62. The van der Waals surface area contributed by atoms with Crippen LogP contribution in [0.3, 0.4) is 0 Å². The lowest BCUT2D eigenvalue weighted by Crippen LogP contribution is -2.60. The molecule has 0 radical (unpaired) electrons. The largest absolute Gasteiger partial charge is 0.391 e. The standard InChI is InChI=1S/C16H22N4O4/c1-16(2)22-10-13(24-16)14-15(21)12(18-19-17)9-23-20(14)8-11-6-4-3-5-7-11/h3-7,12-15,21H,8-10H2,1-2H3/t12-,13-,14-,15-/m1/s1. The molecule has 0 amide bonds. The average Bonchev–Trinajstić information content (AvgIpc) is 2.91. The van der Waals surface area contributed by atoms with Gasteiger partial charge in [-0.3, -0.25) is 4.84 Å². The van der Waals surface area contributed by atoms with Crippen LogP contribution in [-0.4, -0.2) is 53.5 Å². The van der Waals surface area contributed by atoms with Crippen LogP contribution in [-0.2, 0) is 20.9 Å². The van der Waals surface area contributed by atoms with Gasteiger partial charge in [0.05, 0.1) is 31.4 Å². The van der Waals surface area contributed by atoms with Crippen LogP contribution in [0.1, 0.15) is 19.4 Å². The van der Waals surface area contributed by atoms with Crippen molar-refractivity contribution in [3.63, 3.8) is 0 Å². The van der Waals surface area contributed by atoms with Crippen LogP contribution < -0.4 is 0 Å². The minimum atomic E-state index is -0.902. The molecule has 1 aromatic rings. The van der Waals surface area contributed by atoms with Gasteiger partial charge < -0.3 is 14.6 Å². The molecule has 0 saturated carbocycles. The van der Waals surface area contributed by atoms with Crippen molar-refractivity contribution in [1.82, 2.24) is 5.06 Å². The van der Waals surface area contributed by atoms with Gasteiger partial charge in [0.25, 0.3) is 0 Å². The number of nitrogens with zero attached hydrogens (tertiary/aromatic N) is 4. The molecule has 0 aromatic heterocycles. The Bertz CT molecular complexity index is 605. The van der Waals surface area contributed by atoms with Gasteiger partial charge in [0.1, 0.15) is 6.10 Å². The number of rotatable bonds is 4. The molecule has 2 saturated heterocycles. The Morgan fingerprint density at radius 2 is 2.08 bits per heavy atom. The topological polar surface area (TPSA) is 99.9 Å². The van der Waals surface area contributed by atoms with Gasteiger partial charge in [-0.25, -0.2) is 0 Å². The van der Waals surface area contributed by atoms with Crippen molar-refractivity contribution < 1.29 is 19.4 Å². The van der Waals surface area contributed by atoms with Gasteiger partial charge in [-0.1, -0.05) is 35.4 Å². The summed E-state index contributed by atoms with van der Waals surface area (Å²) in [5.41, 5.74) is 9.75. The molecule has 0 unspecified atom stereocenters. The predicted octanol–water partition coefficient (Wildman–Crippen LogP) is 1.99. The first-order valence-corrected chi connectivity index (χ1v) is 7.98. The maximum atomic E-state index is 10.7. The number of aliphatic hydroxyl groups is 1. The van der Waals surface area contributed by atoms with Gasteiger partial charge in [-0.05, 0) is 24.9 Å². The summed E-state index contributed by atoms with van der Waals surface area (Å²) in [6, 6.07) is 8.68. The van der Waals surface area contributed by atoms with Crippen LogP contribution in [0.4, 0.5) is 0 Å². The van der Waals surface area contributed by atoms with Crippen LogP contribution in [0.2, 0.25) is 0 Å². The highest BCUT2D eigenvalue weighted by Crippen LogP contribution is 2.32. The van der Waals surface area contributed by atoms with E-state index in [1.807, 2.05) is 44.2 Å². The predicted molar refractivity (Wildman–Crippen MR) is 85.6 cm³/mol. The Morgan fingerprint density at radius 1 is 1.33 bits per heavy atom.